The van der Waals surface area contributed by atoms with Gasteiger partial charge in [0, 0.05) is 18.7 Å². The minimum atomic E-state index is -0.0627. The molecule has 2 amide bonds. The van der Waals surface area contributed by atoms with Crippen molar-refractivity contribution >= 4 is 51.9 Å². The summed E-state index contributed by atoms with van der Waals surface area (Å²) < 4.78 is 0.587. The molecule has 1 aliphatic heterocycles. The van der Waals surface area contributed by atoms with Crippen molar-refractivity contribution < 1.29 is 14.7 Å². The number of thioether (sulfide) groups is 1. The normalized spacial score (nSPS) is 15.1. The fraction of sp³-hybridized carbons (Fsp3) is 0.261. The Kier molecular flexibility index (Phi) is 7.65. The number of thiocarbonyl (C=S) groups is 1. The lowest BCUT2D eigenvalue weighted by Crippen LogP contribution is -2.29. The van der Waals surface area contributed by atoms with Crippen molar-refractivity contribution in [3.63, 3.8) is 0 Å². The Morgan fingerprint density at radius 3 is 2.50 bits per heavy atom. The van der Waals surface area contributed by atoms with Gasteiger partial charge < -0.3 is 10.4 Å². The number of aromatic hydroxyl groups is 1. The molecule has 1 saturated heterocycles. The molecule has 0 atom stereocenters. The number of anilines is 1. The average molecular weight is 441 g/mol. The van der Waals surface area contributed by atoms with E-state index in [1.807, 2.05) is 37.3 Å². The first kappa shape index (κ1) is 22.1. The lowest BCUT2D eigenvalue weighted by Gasteiger charge is -2.14. The third-order valence-corrected chi connectivity index (χ3v) is 6.06. The SMILES string of the molecule is Cc1ccc(/C=C2\SC(=S)N(CCCCCC(=O)Nc3ccc(O)cc3)C2=O)cc1. The number of hydrogen-bond donors (Lipinski definition) is 2. The molecule has 7 heteroatoms. The number of nitrogens with one attached hydrogen (secondary N) is 1. The Labute approximate surface area is 186 Å². The van der Waals surface area contributed by atoms with Gasteiger partial charge in [-0.05, 0) is 55.7 Å². The van der Waals surface area contributed by atoms with Gasteiger partial charge in [-0.2, -0.15) is 0 Å². The molecule has 30 heavy (non-hydrogen) atoms. The van der Waals surface area contributed by atoms with Gasteiger partial charge in [-0.25, -0.2) is 0 Å². The molecule has 0 unspecified atom stereocenters. The van der Waals surface area contributed by atoms with Gasteiger partial charge in [-0.15, -0.1) is 0 Å². The molecule has 3 rings (SSSR count). The number of carbonyl (C=O) groups excluding carboxylic acids is 2. The topological polar surface area (TPSA) is 69.6 Å². The molecule has 0 aromatic heterocycles. The zero-order chi connectivity index (χ0) is 21.5. The number of nitrogens with zero attached hydrogens (tertiary/aromatic N) is 1. The summed E-state index contributed by atoms with van der Waals surface area (Å²) in [6, 6.07) is 14.4. The zero-order valence-electron chi connectivity index (χ0n) is 16.8. The van der Waals surface area contributed by atoms with Gasteiger partial charge in [0.2, 0.25) is 5.91 Å². The van der Waals surface area contributed by atoms with Crippen LogP contribution < -0.4 is 5.32 Å². The van der Waals surface area contributed by atoms with Crippen molar-refractivity contribution in [1.29, 1.82) is 0 Å². The summed E-state index contributed by atoms with van der Waals surface area (Å²) in [5, 5.41) is 12.1. The van der Waals surface area contributed by atoms with Crippen molar-refractivity contribution in [3.8, 4) is 5.75 Å². The number of phenols is 1. The first-order valence-electron chi connectivity index (χ1n) is 9.83. The van der Waals surface area contributed by atoms with E-state index in [2.05, 4.69) is 5.32 Å². The van der Waals surface area contributed by atoms with Crippen molar-refractivity contribution in [2.24, 2.45) is 0 Å². The Balaban J connectivity index is 1.40. The fourth-order valence-corrected chi connectivity index (χ4v) is 4.32. The summed E-state index contributed by atoms with van der Waals surface area (Å²) in [7, 11) is 0. The second kappa shape index (κ2) is 10.4. The largest absolute Gasteiger partial charge is 0.508 e. The molecule has 1 heterocycles. The highest BCUT2D eigenvalue weighted by atomic mass is 32.2. The first-order valence-corrected chi connectivity index (χ1v) is 11.1. The molecule has 1 aliphatic rings. The molecule has 0 saturated carbocycles. The fourth-order valence-electron chi connectivity index (χ4n) is 3.01. The summed E-state index contributed by atoms with van der Waals surface area (Å²) in [6.45, 7) is 2.59. The highest BCUT2D eigenvalue weighted by Crippen LogP contribution is 2.32. The Hall–Kier alpha value is -2.64. The van der Waals surface area contributed by atoms with Crippen LogP contribution in [0.25, 0.3) is 6.08 Å². The van der Waals surface area contributed by atoms with Crippen molar-refractivity contribution in [3.05, 3.63) is 64.6 Å². The predicted octanol–water partition coefficient (Wildman–Crippen LogP) is 5.10. The molecule has 0 spiro atoms. The molecule has 1 fully saturated rings. The number of benzene rings is 2. The van der Waals surface area contributed by atoms with Gasteiger partial charge in [-0.3, -0.25) is 14.5 Å². The van der Waals surface area contributed by atoms with E-state index < -0.39 is 0 Å². The summed E-state index contributed by atoms with van der Waals surface area (Å²) in [6.07, 6.45) is 4.64. The molecule has 2 aromatic carbocycles. The third kappa shape index (κ3) is 6.18. The van der Waals surface area contributed by atoms with Crippen molar-refractivity contribution in [1.82, 2.24) is 4.90 Å². The lowest BCUT2D eigenvalue weighted by molar-refractivity contribution is -0.122. The minimum Gasteiger partial charge on any atom is -0.508 e. The maximum Gasteiger partial charge on any atom is 0.266 e. The van der Waals surface area contributed by atoms with Gasteiger partial charge >= 0.3 is 0 Å². The first-order chi connectivity index (χ1) is 14.4. The molecule has 0 aliphatic carbocycles. The van der Waals surface area contributed by atoms with E-state index in [1.54, 1.807) is 17.0 Å². The Morgan fingerprint density at radius 1 is 1.10 bits per heavy atom. The molecule has 0 radical (unpaired) electrons. The van der Waals surface area contributed by atoms with Crippen LogP contribution >= 0.6 is 24.0 Å². The number of aryl methyl sites for hydroxylation is 1. The van der Waals surface area contributed by atoms with Crippen LogP contribution in [-0.2, 0) is 9.59 Å². The predicted molar refractivity (Wildman–Crippen MR) is 126 cm³/mol. The second-order valence-electron chi connectivity index (χ2n) is 7.15. The number of rotatable bonds is 8. The highest BCUT2D eigenvalue weighted by Gasteiger charge is 2.31. The quantitative estimate of drug-likeness (QED) is 0.259. The molecule has 5 nitrogen and oxygen atoms in total. The smallest absolute Gasteiger partial charge is 0.266 e. The average Bonchev–Trinajstić information content (AvgIpc) is 2.98. The molecular formula is C23H24N2O3S2. The summed E-state index contributed by atoms with van der Waals surface area (Å²) in [4.78, 5) is 26.9. The monoisotopic (exact) mass is 440 g/mol. The van der Waals surface area contributed by atoms with E-state index in [0.29, 0.717) is 27.9 Å². The van der Waals surface area contributed by atoms with Gasteiger partial charge in [0.25, 0.3) is 5.91 Å². The van der Waals surface area contributed by atoms with Crippen LogP contribution in [0.3, 0.4) is 0 Å². The van der Waals surface area contributed by atoms with Gasteiger partial charge in [0.15, 0.2) is 0 Å². The van der Waals surface area contributed by atoms with E-state index >= 15 is 0 Å². The number of amides is 2. The van der Waals surface area contributed by atoms with E-state index in [0.717, 1.165) is 24.8 Å². The number of carbonyl (C=O) groups is 2. The summed E-state index contributed by atoms with van der Waals surface area (Å²) >= 11 is 6.72. The maximum atomic E-state index is 12.7. The van der Waals surface area contributed by atoms with Crippen molar-refractivity contribution in [2.75, 3.05) is 11.9 Å². The van der Waals surface area contributed by atoms with Crippen molar-refractivity contribution in [2.45, 2.75) is 32.6 Å². The van der Waals surface area contributed by atoms with Gasteiger partial charge in [0.05, 0.1) is 4.91 Å². The van der Waals surface area contributed by atoms with Crippen LogP contribution in [-0.4, -0.2) is 32.7 Å². The third-order valence-electron chi connectivity index (χ3n) is 4.69. The van der Waals surface area contributed by atoms with Crippen LogP contribution in [0, 0.1) is 6.92 Å². The van der Waals surface area contributed by atoms with Gasteiger partial charge in [-0.1, -0.05) is 60.2 Å². The van der Waals surface area contributed by atoms with Crippen LogP contribution in [0.5, 0.6) is 5.75 Å². The maximum absolute atomic E-state index is 12.7. The molecule has 156 valence electrons. The minimum absolute atomic E-state index is 0.0457. The van der Waals surface area contributed by atoms with E-state index in [1.165, 1.54) is 29.5 Å². The zero-order valence-corrected chi connectivity index (χ0v) is 18.4. The number of phenolic OH excluding ortho intramolecular Hbond substituents is 1. The Morgan fingerprint density at radius 2 is 1.80 bits per heavy atom. The summed E-state index contributed by atoms with van der Waals surface area (Å²) in [5.41, 5.74) is 2.83. The number of hydrogen-bond acceptors (Lipinski definition) is 5. The Bertz CT molecular complexity index is 953. The molecule has 0 bridgehead atoms. The van der Waals surface area contributed by atoms with Crippen LogP contribution in [0.15, 0.2) is 53.4 Å². The second-order valence-corrected chi connectivity index (χ2v) is 8.83. The molecule has 2 N–H and O–H groups in total. The van der Waals surface area contributed by atoms with Crippen LogP contribution in [0.1, 0.15) is 36.8 Å². The van der Waals surface area contributed by atoms with Crippen LogP contribution in [0.2, 0.25) is 0 Å². The van der Waals surface area contributed by atoms with E-state index in [4.69, 9.17) is 12.2 Å². The standard InChI is InChI=1S/C23H24N2O3S2/c1-16-6-8-17(9-7-16)15-20-22(28)25(23(29)30-20)14-4-2-3-5-21(27)24-18-10-12-19(26)13-11-18/h6-13,15,26H,2-5,14H2,1H3,(H,24,27)/b20-15-. The van der Waals surface area contributed by atoms with Crippen LogP contribution in [0.4, 0.5) is 5.69 Å². The van der Waals surface area contributed by atoms with E-state index in [9.17, 15) is 14.7 Å². The van der Waals surface area contributed by atoms with Gasteiger partial charge in [0.1, 0.15) is 10.1 Å². The number of unbranched alkanes of at least 4 members (excludes halogenated alkanes) is 2. The van der Waals surface area contributed by atoms with E-state index in [-0.39, 0.29) is 17.6 Å². The summed E-state index contributed by atoms with van der Waals surface area (Å²) in [5.74, 6) is 0.0559. The molecular weight excluding hydrogens is 416 g/mol. The molecule has 2 aromatic rings. The lowest BCUT2D eigenvalue weighted by atomic mass is 10.1. The highest BCUT2D eigenvalue weighted by molar-refractivity contribution is 8.26.